The molecular weight excluding hydrogens is 336 g/mol. The summed E-state index contributed by atoms with van der Waals surface area (Å²) in [6.07, 6.45) is 6.50. The third-order valence-electron chi connectivity index (χ3n) is 5.09. The van der Waals surface area contributed by atoms with Crippen molar-refractivity contribution in [1.82, 2.24) is 20.2 Å². The molecule has 2 N–H and O–H groups in total. The Morgan fingerprint density at radius 2 is 2.04 bits per heavy atom. The molecule has 1 atom stereocenters. The predicted octanol–water partition coefficient (Wildman–Crippen LogP) is 2.82. The van der Waals surface area contributed by atoms with Crippen LogP contribution in [0.2, 0.25) is 0 Å². The van der Waals surface area contributed by atoms with Gasteiger partial charge in [0.15, 0.2) is 0 Å². The van der Waals surface area contributed by atoms with Gasteiger partial charge in [0.05, 0.1) is 12.2 Å². The highest BCUT2D eigenvalue weighted by molar-refractivity contribution is 5.79. The molecule has 5 nitrogen and oxygen atoms in total. The topological polar surface area (TPSA) is 59.0 Å². The van der Waals surface area contributed by atoms with Crippen molar-refractivity contribution in [3.63, 3.8) is 0 Å². The van der Waals surface area contributed by atoms with Gasteiger partial charge in [0.2, 0.25) is 5.91 Å². The molecule has 3 aromatic rings. The van der Waals surface area contributed by atoms with Crippen molar-refractivity contribution in [2.75, 3.05) is 13.1 Å². The second-order valence-corrected chi connectivity index (χ2v) is 7.00. The molecule has 4 rings (SSSR count). The first-order valence-electron chi connectivity index (χ1n) is 9.41. The van der Waals surface area contributed by atoms with Crippen molar-refractivity contribution in [3.8, 4) is 11.1 Å². The van der Waals surface area contributed by atoms with Gasteiger partial charge in [0, 0.05) is 32.0 Å². The van der Waals surface area contributed by atoms with E-state index in [4.69, 9.17) is 0 Å². The van der Waals surface area contributed by atoms with Crippen LogP contribution in [0.3, 0.4) is 0 Å². The Morgan fingerprint density at radius 3 is 2.78 bits per heavy atom. The van der Waals surface area contributed by atoms with Gasteiger partial charge in [-0.1, -0.05) is 48.5 Å². The molecule has 1 aliphatic rings. The molecular formula is C22H24N4O. The minimum atomic E-state index is 0.0969. The Bertz CT molecular complexity index is 881. The van der Waals surface area contributed by atoms with Crippen molar-refractivity contribution in [2.24, 2.45) is 5.92 Å². The van der Waals surface area contributed by atoms with Crippen LogP contribution < -0.4 is 10.6 Å². The van der Waals surface area contributed by atoms with Crippen LogP contribution in [0.25, 0.3) is 11.1 Å². The van der Waals surface area contributed by atoms with E-state index in [1.807, 2.05) is 24.7 Å². The maximum Gasteiger partial charge on any atom is 0.224 e. The number of benzene rings is 2. The second kappa shape index (κ2) is 8.18. The van der Waals surface area contributed by atoms with Gasteiger partial charge in [-0.3, -0.25) is 4.79 Å². The molecule has 1 saturated heterocycles. The molecule has 2 aromatic carbocycles. The molecule has 0 bridgehead atoms. The van der Waals surface area contributed by atoms with Crippen LogP contribution in [0.1, 0.15) is 17.5 Å². The summed E-state index contributed by atoms with van der Waals surface area (Å²) in [5.74, 6) is 0.241. The maximum absolute atomic E-state index is 12.3. The molecule has 1 unspecified atom stereocenters. The molecule has 1 fully saturated rings. The van der Waals surface area contributed by atoms with Crippen molar-refractivity contribution < 1.29 is 4.79 Å². The summed E-state index contributed by atoms with van der Waals surface area (Å²) in [4.78, 5) is 16.4. The predicted molar refractivity (Wildman–Crippen MR) is 106 cm³/mol. The summed E-state index contributed by atoms with van der Waals surface area (Å²) in [7, 11) is 0. The average Bonchev–Trinajstić information content (AvgIpc) is 3.41. The first-order valence-corrected chi connectivity index (χ1v) is 9.41. The lowest BCUT2D eigenvalue weighted by atomic mass is 9.98. The summed E-state index contributed by atoms with van der Waals surface area (Å²) in [5, 5.41) is 6.35. The molecule has 1 amide bonds. The first-order chi connectivity index (χ1) is 13.3. The normalized spacial score (nSPS) is 16.4. The van der Waals surface area contributed by atoms with E-state index in [0.29, 0.717) is 6.54 Å². The molecule has 138 valence electrons. The van der Waals surface area contributed by atoms with E-state index in [2.05, 4.69) is 56.6 Å². The van der Waals surface area contributed by atoms with Gasteiger partial charge < -0.3 is 15.2 Å². The Balaban J connectivity index is 1.46. The summed E-state index contributed by atoms with van der Waals surface area (Å²) in [6.45, 7) is 3.08. The smallest absolute Gasteiger partial charge is 0.224 e. The average molecular weight is 360 g/mol. The summed E-state index contributed by atoms with van der Waals surface area (Å²) in [5.41, 5.74) is 4.70. The SMILES string of the molecule is O=C(NCc1ccccc1-c1ccc(Cn2ccnc2)cc1)C1CCNC1. The van der Waals surface area contributed by atoms with Gasteiger partial charge in [0.1, 0.15) is 0 Å². The number of amides is 1. The van der Waals surface area contributed by atoms with Crippen molar-refractivity contribution >= 4 is 5.91 Å². The largest absolute Gasteiger partial charge is 0.352 e. The van der Waals surface area contributed by atoms with Crippen LogP contribution in [-0.4, -0.2) is 28.5 Å². The number of carbonyl (C=O) groups is 1. The summed E-state index contributed by atoms with van der Waals surface area (Å²) >= 11 is 0. The summed E-state index contributed by atoms with van der Waals surface area (Å²) < 4.78 is 2.05. The van der Waals surface area contributed by atoms with Gasteiger partial charge in [-0.2, -0.15) is 0 Å². The van der Waals surface area contributed by atoms with Gasteiger partial charge in [-0.05, 0) is 35.2 Å². The van der Waals surface area contributed by atoms with Crippen LogP contribution in [0.4, 0.5) is 0 Å². The fraction of sp³-hybridized carbons (Fsp3) is 0.273. The van der Waals surface area contributed by atoms with Gasteiger partial charge in [0.25, 0.3) is 0 Å². The minimum Gasteiger partial charge on any atom is -0.352 e. The van der Waals surface area contributed by atoms with E-state index >= 15 is 0 Å². The molecule has 0 spiro atoms. The number of hydrogen-bond donors (Lipinski definition) is 2. The van der Waals surface area contributed by atoms with Crippen molar-refractivity contribution in [3.05, 3.63) is 78.4 Å². The van der Waals surface area contributed by atoms with Crippen molar-refractivity contribution in [1.29, 1.82) is 0 Å². The zero-order chi connectivity index (χ0) is 18.5. The van der Waals surface area contributed by atoms with E-state index in [1.165, 1.54) is 5.56 Å². The lowest BCUT2D eigenvalue weighted by molar-refractivity contribution is -0.124. The molecule has 0 radical (unpaired) electrons. The third kappa shape index (κ3) is 4.26. The molecule has 2 heterocycles. The Kier molecular flexibility index (Phi) is 5.30. The molecule has 0 aliphatic carbocycles. The number of carbonyl (C=O) groups excluding carboxylic acids is 1. The Hall–Kier alpha value is -2.92. The number of hydrogen-bond acceptors (Lipinski definition) is 3. The quantitative estimate of drug-likeness (QED) is 0.711. The molecule has 1 aromatic heterocycles. The zero-order valence-electron chi connectivity index (χ0n) is 15.3. The number of rotatable bonds is 6. The molecule has 27 heavy (non-hydrogen) atoms. The van der Waals surface area contributed by atoms with E-state index in [0.717, 1.165) is 42.7 Å². The number of aromatic nitrogens is 2. The minimum absolute atomic E-state index is 0.0969. The van der Waals surface area contributed by atoms with Crippen LogP contribution >= 0.6 is 0 Å². The highest BCUT2D eigenvalue weighted by atomic mass is 16.1. The second-order valence-electron chi connectivity index (χ2n) is 7.00. The van der Waals surface area contributed by atoms with Gasteiger partial charge in [-0.15, -0.1) is 0 Å². The molecule has 0 saturated carbocycles. The van der Waals surface area contributed by atoms with Crippen LogP contribution in [-0.2, 0) is 17.9 Å². The Labute approximate surface area is 159 Å². The first kappa shape index (κ1) is 17.5. The highest BCUT2D eigenvalue weighted by Crippen LogP contribution is 2.24. The van der Waals surface area contributed by atoms with Crippen LogP contribution in [0.15, 0.2) is 67.3 Å². The van der Waals surface area contributed by atoms with E-state index in [-0.39, 0.29) is 11.8 Å². The third-order valence-corrected chi connectivity index (χ3v) is 5.09. The standard InChI is InChI=1S/C22H24N4O/c27-22(20-9-10-23-13-20)25-14-19-3-1-2-4-21(19)18-7-5-17(6-8-18)15-26-12-11-24-16-26/h1-8,11-12,16,20,23H,9-10,13-15H2,(H,25,27). The monoisotopic (exact) mass is 360 g/mol. The molecule has 5 heteroatoms. The zero-order valence-corrected chi connectivity index (χ0v) is 15.3. The van der Waals surface area contributed by atoms with Gasteiger partial charge in [-0.25, -0.2) is 4.98 Å². The molecule has 1 aliphatic heterocycles. The van der Waals surface area contributed by atoms with E-state index in [9.17, 15) is 4.79 Å². The summed E-state index contributed by atoms with van der Waals surface area (Å²) in [6, 6.07) is 16.9. The lowest BCUT2D eigenvalue weighted by Crippen LogP contribution is -2.31. The maximum atomic E-state index is 12.3. The number of imidazole rings is 1. The number of nitrogens with zero attached hydrogens (tertiary/aromatic N) is 2. The van der Waals surface area contributed by atoms with Crippen molar-refractivity contribution in [2.45, 2.75) is 19.5 Å². The van der Waals surface area contributed by atoms with E-state index in [1.54, 1.807) is 6.20 Å². The van der Waals surface area contributed by atoms with E-state index < -0.39 is 0 Å². The lowest BCUT2D eigenvalue weighted by Gasteiger charge is -2.14. The Morgan fingerprint density at radius 1 is 1.19 bits per heavy atom. The fourth-order valence-corrected chi connectivity index (χ4v) is 3.54. The van der Waals surface area contributed by atoms with Crippen LogP contribution in [0, 0.1) is 5.92 Å². The highest BCUT2D eigenvalue weighted by Gasteiger charge is 2.22. The number of nitrogens with one attached hydrogen (secondary N) is 2. The van der Waals surface area contributed by atoms with Gasteiger partial charge >= 0.3 is 0 Å². The fourth-order valence-electron chi connectivity index (χ4n) is 3.54. The van der Waals surface area contributed by atoms with Crippen LogP contribution in [0.5, 0.6) is 0 Å².